The average Bonchev–Trinajstić information content (AvgIpc) is 2.79. The standard InChI is InChI=1S/C27H25NO2S/c1-18(27(30)31)28-26(29)23(16-21-12-6-10-19-8-2-4-14-24(19)21)17-22-13-7-11-20-9-3-5-15-25(20)22/h2-15,18,23H,16-17H2,1H3,(H,28,29)(H,30,31). The lowest BCUT2D eigenvalue weighted by atomic mass is 9.88. The van der Waals surface area contributed by atoms with Crippen molar-refractivity contribution in [3.8, 4) is 0 Å². The monoisotopic (exact) mass is 427 g/mol. The van der Waals surface area contributed by atoms with Gasteiger partial charge in [0.05, 0.1) is 6.04 Å². The van der Waals surface area contributed by atoms with Gasteiger partial charge in [0.15, 0.2) is 0 Å². The highest BCUT2D eigenvalue weighted by Gasteiger charge is 2.24. The maximum absolute atomic E-state index is 13.2. The van der Waals surface area contributed by atoms with Crippen LogP contribution in [-0.2, 0) is 22.4 Å². The molecule has 4 heteroatoms. The minimum Gasteiger partial charge on any atom is -0.345 e. The van der Waals surface area contributed by atoms with Gasteiger partial charge in [-0.2, -0.15) is 0 Å². The Kier molecular flexibility index (Phi) is 6.38. The van der Waals surface area contributed by atoms with Gasteiger partial charge in [0.25, 0.3) is 0 Å². The summed E-state index contributed by atoms with van der Waals surface area (Å²) in [6.45, 7) is 1.67. The van der Waals surface area contributed by atoms with E-state index in [0.717, 1.165) is 32.7 Å². The molecule has 0 aliphatic carbocycles. The van der Waals surface area contributed by atoms with Crippen LogP contribution in [0.25, 0.3) is 21.5 Å². The summed E-state index contributed by atoms with van der Waals surface area (Å²) in [5.41, 5.74) is 2.26. The molecule has 0 saturated heterocycles. The molecule has 0 aromatic heterocycles. The number of hydrogen-bond acceptors (Lipinski definition) is 2. The predicted molar refractivity (Wildman–Crippen MR) is 130 cm³/mol. The van der Waals surface area contributed by atoms with Crippen molar-refractivity contribution in [1.29, 1.82) is 0 Å². The van der Waals surface area contributed by atoms with Gasteiger partial charge in [0.2, 0.25) is 11.0 Å². The molecule has 4 aromatic rings. The van der Waals surface area contributed by atoms with Crippen LogP contribution in [0.15, 0.2) is 84.9 Å². The molecule has 4 aromatic carbocycles. The number of benzene rings is 4. The first kappa shape index (κ1) is 21.1. The summed E-state index contributed by atoms with van der Waals surface area (Å²) >= 11 is 3.88. The topological polar surface area (TPSA) is 46.2 Å². The van der Waals surface area contributed by atoms with E-state index in [1.54, 1.807) is 6.92 Å². The van der Waals surface area contributed by atoms with Crippen molar-refractivity contribution >= 4 is 45.2 Å². The highest BCUT2D eigenvalue weighted by Crippen LogP contribution is 2.26. The first-order valence-corrected chi connectivity index (χ1v) is 10.9. The Morgan fingerprint density at radius 1 is 0.742 bits per heavy atom. The number of rotatable bonds is 7. The lowest BCUT2D eigenvalue weighted by Gasteiger charge is -2.21. The summed E-state index contributed by atoms with van der Waals surface area (Å²) in [7, 11) is 0. The molecule has 1 N–H and O–H groups in total. The third-order valence-corrected chi connectivity index (χ3v) is 6.18. The molecule has 0 heterocycles. The molecule has 4 rings (SSSR count). The maximum Gasteiger partial charge on any atom is 0.224 e. The highest BCUT2D eigenvalue weighted by atomic mass is 32.1. The predicted octanol–water partition coefficient (Wildman–Crippen LogP) is 5.36. The summed E-state index contributed by atoms with van der Waals surface area (Å²) in [4.78, 5) is 24.9. The minimum absolute atomic E-state index is 0.129. The molecule has 0 fully saturated rings. The number of hydrogen-bond donors (Lipinski definition) is 2. The van der Waals surface area contributed by atoms with Crippen molar-refractivity contribution in [1.82, 2.24) is 5.32 Å². The van der Waals surface area contributed by atoms with Crippen LogP contribution in [0.2, 0.25) is 0 Å². The van der Waals surface area contributed by atoms with Crippen LogP contribution >= 0.6 is 12.6 Å². The van der Waals surface area contributed by atoms with Crippen molar-refractivity contribution in [2.75, 3.05) is 0 Å². The SMILES string of the molecule is CC(NC(=O)C(Cc1cccc2ccccc12)Cc1cccc2ccccc12)C(=O)S. The Balaban J connectivity index is 1.70. The molecule has 1 unspecified atom stereocenters. The van der Waals surface area contributed by atoms with Gasteiger partial charge in [-0.05, 0) is 52.4 Å². The van der Waals surface area contributed by atoms with Crippen LogP contribution in [0, 0.1) is 5.92 Å². The van der Waals surface area contributed by atoms with Crippen molar-refractivity contribution < 1.29 is 9.59 Å². The van der Waals surface area contributed by atoms with E-state index in [1.807, 2.05) is 36.4 Å². The van der Waals surface area contributed by atoms with Crippen LogP contribution in [0.5, 0.6) is 0 Å². The molecule has 1 atom stereocenters. The molecule has 0 spiro atoms. The summed E-state index contributed by atoms with van der Waals surface area (Å²) in [5, 5.41) is 7.12. The first-order valence-electron chi connectivity index (χ1n) is 10.5. The third kappa shape index (κ3) is 4.80. The van der Waals surface area contributed by atoms with Gasteiger partial charge < -0.3 is 5.32 Å². The van der Waals surface area contributed by atoms with Crippen LogP contribution in [-0.4, -0.2) is 17.1 Å². The molecule has 0 radical (unpaired) electrons. The second kappa shape index (κ2) is 9.36. The Morgan fingerprint density at radius 3 is 1.68 bits per heavy atom. The van der Waals surface area contributed by atoms with Gasteiger partial charge in [-0.15, -0.1) is 12.6 Å². The van der Waals surface area contributed by atoms with E-state index in [9.17, 15) is 9.59 Å². The average molecular weight is 428 g/mol. The second-order valence-corrected chi connectivity index (χ2v) is 8.39. The normalized spacial score (nSPS) is 12.2. The Morgan fingerprint density at radius 2 is 1.19 bits per heavy atom. The van der Waals surface area contributed by atoms with Gasteiger partial charge in [-0.1, -0.05) is 84.9 Å². The first-order chi connectivity index (χ1) is 15.0. The number of carbonyl (C=O) groups excluding carboxylic acids is 2. The highest BCUT2D eigenvalue weighted by molar-refractivity contribution is 7.96. The van der Waals surface area contributed by atoms with E-state index < -0.39 is 6.04 Å². The van der Waals surface area contributed by atoms with Gasteiger partial charge in [0, 0.05) is 5.92 Å². The number of thiol groups is 1. The van der Waals surface area contributed by atoms with Crippen molar-refractivity contribution in [3.63, 3.8) is 0 Å². The number of nitrogens with one attached hydrogen (secondary N) is 1. The number of amides is 1. The van der Waals surface area contributed by atoms with Crippen molar-refractivity contribution in [2.45, 2.75) is 25.8 Å². The summed E-state index contributed by atoms with van der Waals surface area (Å²) in [6, 6.07) is 28.2. The lowest BCUT2D eigenvalue weighted by Crippen LogP contribution is -2.41. The summed E-state index contributed by atoms with van der Waals surface area (Å²) in [5.74, 6) is -0.442. The van der Waals surface area contributed by atoms with Crippen molar-refractivity contribution in [3.05, 3.63) is 96.1 Å². The molecular weight excluding hydrogens is 402 g/mol. The molecule has 31 heavy (non-hydrogen) atoms. The zero-order valence-corrected chi connectivity index (χ0v) is 18.3. The van der Waals surface area contributed by atoms with E-state index in [1.165, 1.54) is 0 Å². The van der Waals surface area contributed by atoms with Gasteiger partial charge in [-0.3, -0.25) is 9.59 Å². The van der Waals surface area contributed by atoms with E-state index in [-0.39, 0.29) is 16.9 Å². The van der Waals surface area contributed by atoms with E-state index >= 15 is 0 Å². The van der Waals surface area contributed by atoms with E-state index in [4.69, 9.17) is 0 Å². The third-order valence-electron chi connectivity index (χ3n) is 5.79. The van der Waals surface area contributed by atoms with E-state index in [0.29, 0.717) is 12.8 Å². The molecule has 0 saturated carbocycles. The van der Waals surface area contributed by atoms with Gasteiger partial charge >= 0.3 is 0 Å². The molecule has 0 bridgehead atoms. The van der Waals surface area contributed by atoms with Crippen LogP contribution < -0.4 is 5.32 Å². The number of carbonyl (C=O) groups is 2. The maximum atomic E-state index is 13.2. The fraction of sp³-hybridized carbons (Fsp3) is 0.185. The van der Waals surface area contributed by atoms with Gasteiger partial charge in [0.1, 0.15) is 0 Å². The molecule has 1 amide bonds. The molecular formula is C27H25NO2S. The van der Waals surface area contributed by atoms with Gasteiger partial charge in [-0.25, -0.2) is 0 Å². The zero-order chi connectivity index (χ0) is 21.8. The quantitative estimate of drug-likeness (QED) is 0.390. The summed E-state index contributed by atoms with van der Waals surface area (Å²) in [6.07, 6.45) is 1.17. The summed E-state index contributed by atoms with van der Waals surface area (Å²) < 4.78 is 0. The fourth-order valence-corrected chi connectivity index (χ4v) is 4.19. The molecule has 156 valence electrons. The molecule has 0 aliphatic rings. The van der Waals surface area contributed by atoms with E-state index in [2.05, 4.69) is 66.5 Å². The minimum atomic E-state index is -0.627. The van der Waals surface area contributed by atoms with Crippen LogP contribution in [0.1, 0.15) is 18.1 Å². The Bertz CT molecular complexity index is 1160. The Labute approximate surface area is 187 Å². The van der Waals surface area contributed by atoms with Crippen LogP contribution in [0.3, 0.4) is 0 Å². The lowest BCUT2D eigenvalue weighted by molar-refractivity contribution is -0.127. The molecule has 3 nitrogen and oxygen atoms in total. The molecule has 0 aliphatic heterocycles. The number of fused-ring (bicyclic) bond motifs is 2. The fourth-order valence-electron chi connectivity index (χ4n) is 4.12. The zero-order valence-electron chi connectivity index (χ0n) is 17.4. The Hall–Kier alpha value is -3.11. The largest absolute Gasteiger partial charge is 0.345 e. The second-order valence-electron chi connectivity index (χ2n) is 7.95. The van der Waals surface area contributed by atoms with Crippen LogP contribution in [0.4, 0.5) is 0 Å². The van der Waals surface area contributed by atoms with Crippen molar-refractivity contribution in [2.24, 2.45) is 5.92 Å². The smallest absolute Gasteiger partial charge is 0.224 e.